The number of amides is 1. The first-order valence-electron chi connectivity index (χ1n) is 4.63. The number of phenols is 1. The number of rotatable bonds is 2. The van der Waals surface area contributed by atoms with Crippen LogP contribution in [0.1, 0.15) is 10.4 Å². The molecule has 1 amide bonds. The van der Waals surface area contributed by atoms with Crippen LogP contribution < -0.4 is 5.32 Å². The molecule has 0 unspecified atom stereocenters. The zero-order valence-electron chi connectivity index (χ0n) is 8.29. The van der Waals surface area contributed by atoms with Gasteiger partial charge in [0.25, 0.3) is 5.91 Å². The van der Waals surface area contributed by atoms with Crippen LogP contribution in [0.25, 0.3) is 0 Å². The third-order valence-corrected chi connectivity index (χ3v) is 1.95. The van der Waals surface area contributed by atoms with Gasteiger partial charge in [0, 0.05) is 11.8 Å². The molecule has 5 heteroatoms. The lowest BCUT2D eigenvalue weighted by atomic mass is 10.2. The number of aromatic nitrogens is 2. The number of carbonyl (C=O) groups is 1. The zero-order valence-corrected chi connectivity index (χ0v) is 8.29. The van der Waals surface area contributed by atoms with Gasteiger partial charge < -0.3 is 10.4 Å². The van der Waals surface area contributed by atoms with E-state index in [1.165, 1.54) is 24.5 Å². The molecule has 2 aromatic rings. The van der Waals surface area contributed by atoms with E-state index in [0.29, 0.717) is 11.3 Å². The maximum Gasteiger partial charge on any atom is 0.257 e. The van der Waals surface area contributed by atoms with Crippen LogP contribution in [-0.2, 0) is 0 Å². The fourth-order valence-electron chi connectivity index (χ4n) is 1.21. The van der Waals surface area contributed by atoms with Crippen LogP contribution in [-0.4, -0.2) is 21.2 Å². The van der Waals surface area contributed by atoms with E-state index >= 15 is 0 Å². The van der Waals surface area contributed by atoms with E-state index in [1.54, 1.807) is 18.2 Å². The topological polar surface area (TPSA) is 75.1 Å². The second-order valence-electron chi connectivity index (χ2n) is 3.14. The third-order valence-electron chi connectivity index (χ3n) is 1.95. The van der Waals surface area contributed by atoms with Gasteiger partial charge in [0.1, 0.15) is 5.75 Å². The first-order valence-corrected chi connectivity index (χ1v) is 4.63. The van der Waals surface area contributed by atoms with E-state index in [-0.39, 0.29) is 11.7 Å². The number of phenolic OH excluding ortho intramolecular Hbond substituents is 1. The number of benzene rings is 1. The minimum Gasteiger partial charge on any atom is -0.508 e. The molecule has 16 heavy (non-hydrogen) atoms. The number of aromatic hydroxyl groups is 1. The lowest BCUT2D eigenvalue weighted by Gasteiger charge is -2.04. The summed E-state index contributed by atoms with van der Waals surface area (Å²) in [6.07, 6.45) is 2.81. The normalized spacial score (nSPS) is 9.75. The third kappa shape index (κ3) is 2.33. The highest BCUT2D eigenvalue weighted by Crippen LogP contribution is 2.15. The summed E-state index contributed by atoms with van der Waals surface area (Å²) >= 11 is 0. The van der Waals surface area contributed by atoms with Crippen molar-refractivity contribution in [2.75, 3.05) is 5.32 Å². The molecule has 0 aliphatic carbocycles. The van der Waals surface area contributed by atoms with Crippen molar-refractivity contribution in [2.45, 2.75) is 0 Å². The van der Waals surface area contributed by atoms with E-state index in [4.69, 9.17) is 0 Å². The molecule has 0 spiro atoms. The Hall–Kier alpha value is -2.43. The van der Waals surface area contributed by atoms with Gasteiger partial charge in [-0.25, -0.2) is 0 Å². The monoisotopic (exact) mass is 215 g/mol. The van der Waals surface area contributed by atoms with Gasteiger partial charge in [0.15, 0.2) is 0 Å². The van der Waals surface area contributed by atoms with Gasteiger partial charge in [-0.2, -0.15) is 10.2 Å². The average Bonchev–Trinajstić information content (AvgIpc) is 2.30. The van der Waals surface area contributed by atoms with Crippen molar-refractivity contribution in [3.05, 3.63) is 48.3 Å². The highest BCUT2D eigenvalue weighted by molar-refractivity contribution is 6.04. The minimum atomic E-state index is -0.291. The van der Waals surface area contributed by atoms with Crippen LogP contribution in [0.2, 0.25) is 0 Å². The molecule has 0 aliphatic heterocycles. The van der Waals surface area contributed by atoms with Crippen molar-refractivity contribution in [1.29, 1.82) is 0 Å². The molecule has 1 aromatic heterocycles. The fraction of sp³-hybridized carbons (Fsp3) is 0. The number of anilines is 1. The Morgan fingerprint density at radius 3 is 2.81 bits per heavy atom. The van der Waals surface area contributed by atoms with E-state index in [0.717, 1.165) is 0 Å². The van der Waals surface area contributed by atoms with Crippen LogP contribution >= 0.6 is 0 Å². The number of hydrogen-bond donors (Lipinski definition) is 2. The van der Waals surface area contributed by atoms with Gasteiger partial charge in [-0.1, -0.05) is 6.07 Å². The maximum atomic E-state index is 11.7. The quantitative estimate of drug-likeness (QED) is 0.794. The predicted octanol–water partition coefficient (Wildman–Crippen LogP) is 1.43. The SMILES string of the molecule is O=C(Nc1cccc(O)c1)c1ccnnc1. The Bertz CT molecular complexity index is 500. The van der Waals surface area contributed by atoms with Crippen LogP contribution in [0.4, 0.5) is 5.69 Å². The molecule has 0 saturated heterocycles. The van der Waals surface area contributed by atoms with Crippen molar-refractivity contribution in [1.82, 2.24) is 10.2 Å². The number of nitrogens with one attached hydrogen (secondary N) is 1. The van der Waals surface area contributed by atoms with Crippen molar-refractivity contribution in [2.24, 2.45) is 0 Å². The Kier molecular flexibility index (Phi) is 2.77. The number of hydrogen-bond acceptors (Lipinski definition) is 4. The van der Waals surface area contributed by atoms with Gasteiger partial charge in [0.05, 0.1) is 18.0 Å². The first kappa shape index (κ1) is 10.1. The molecule has 0 aliphatic rings. The average molecular weight is 215 g/mol. The van der Waals surface area contributed by atoms with E-state index < -0.39 is 0 Å². The Labute approximate surface area is 91.8 Å². The summed E-state index contributed by atoms with van der Waals surface area (Å²) < 4.78 is 0. The molecular formula is C11H9N3O2. The van der Waals surface area contributed by atoms with Crippen molar-refractivity contribution < 1.29 is 9.90 Å². The summed E-state index contributed by atoms with van der Waals surface area (Å²) in [6, 6.07) is 7.89. The second-order valence-corrected chi connectivity index (χ2v) is 3.14. The van der Waals surface area contributed by atoms with E-state index in [1.807, 2.05) is 0 Å². The van der Waals surface area contributed by atoms with Crippen LogP contribution in [0, 0.1) is 0 Å². The molecular weight excluding hydrogens is 206 g/mol. The standard InChI is InChI=1S/C11H9N3O2/c15-10-3-1-2-9(6-10)14-11(16)8-4-5-12-13-7-8/h1-7,15H,(H,14,16). The molecule has 0 fully saturated rings. The van der Waals surface area contributed by atoms with Crippen molar-refractivity contribution >= 4 is 11.6 Å². The Morgan fingerprint density at radius 1 is 1.25 bits per heavy atom. The molecule has 1 heterocycles. The largest absolute Gasteiger partial charge is 0.508 e. The molecule has 2 N–H and O–H groups in total. The minimum absolute atomic E-state index is 0.102. The van der Waals surface area contributed by atoms with E-state index in [2.05, 4.69) is 15.5 Å². The molecule has 0 bridgehead atoms. The summed E-state index contributed by atoms with van der Waals surface area (Å²) in [5.41, 5.74) is 0.945. The first-order chi connectivity index (χ1) is 7.75. The maximum absolute atomic E-state index is 11.7. The van der Waals surface area contributed by atoms with Crippen LogP contribution in [0.3, 0.4) is 0 Å². The molecule has 1 aromatic carbocycles. The van der Waals surface area contributed by atoms with Gasteiger partial charge >= 0.3 is 0 Å². The zero-order chi connectivity index (χ0) is 11.4. The van der Waals surface area contributed by atoms with Gasteiger partial charge in [-0.3, -0.25) is 4.79 Å². The van der Waals surface area contributed by atoms with Crippen molar-refractivity contribution in [3.63, 3.8) is 0 Å². The molecule has 0 saturated carbocycles. The molecule has 2 rings (SSSR count). The summed E-state index contributed by atoms with van der Waals surface area (Å²) in [5, 5.41) is 19.0. The lowest BCUT2D eigenvalue weighted by Crippen LogP contribution is -2.12. The van der Waals surface area contributed by atoms with Gasteiger partial charge in [0.2, 0.25) is 0 Å². The molecule has 5 nitrogen and oxygen atoms in total. The molecule has 0 radical (unpaired) electrons. The Balaban J connectivity index is 2.14. The summed E-state index contributed by atoms with van der Waals surface area (Å²) in [5.74, 6) is -0.189. The summed E-state index contributed by atoms with van der Waals surface area (Å²) in [4.78, 5) is 11.7. The highest BCUT2D eigenvalue weighted by Gasteiger charge is 2.05. The predicted molar refractivity (Wildman–Crippen MR) is 58.1 cm³/mol. The fourth-order valence-corrected chi connectivity index (χ4v) is 1.21. The summed E-state index contributed by atoms with van der Waals surface area (Å²) in [7, 11) is 0. The number of nitrogens with zero attached hydrogens (tertiary/aromatic N) is 2. The smallest absolute Gasteiger partial charge is 0.257 e. The summed E-state index contributed by atoms with van der Waals surface area (Å²) in [6.45, 7) is 0. The number of carbonyl (C=O) groups excluding carboxylic acids is 1. The van der Waals surface area contributed by atoms with Crippen molar-refractivity contribution in [3.8, 4) is 5.75 Å². The molecule has 0 atom stereocenters. The van der Waals surface area contributed by atoms with Gasteiger partial charge in [-0.05, 0) is 18.2 Å². The Morgan fingerprint density at radius 2 is 2.12 bits per heavy atom. The second kappa shape index (κ2) is 4.39. The van der Waals surface area contributed by atoms with Crippen LogP contribution in [0.15, 0.2) is 42.7 Å². The van der Waals surface area contributed by atoms with Crippen LogP contribution in [0.5, 0.6) is 5.75 Å². The molecule has 80 valence electrons. The highest BCUT2D eigenvalue weighted by atomic mass is 16.3. The van der Waals surface area contributed by atoms with Gasteiger partial charge in [-0.15, -0.1) is 0 Å². The lowest BCUT2D eigenvalue weighted by molar-refractivity contribution is 0.102. The van der Waals surface area contributed by atoms with E-state index in [9.17, 15) is 9.90 Å².